The maximum atomic E-state index is 13.1. The Morgan fingerprint density at radius 3 is 2.40 bits per heavy atom. The molecule has 1 fully saturated rings. The number of H-pyrrole nitrogens is 1. The van der Waals surface area contributed by atoms with E-state index in [2.05, 4.69) is 15.6 Å². The highest BCUT2D eigenvalue weighted by Crippen LogP contribution is 2.39. The van der Waals surface area contributed by atoms with Crippen molar-refractivity contribution in [2.75, 3.05) is 25.9 Å². The van der Waals surface area contributed by atoms with Crippen LogP contribution in [-0.2, 0) is 16.5 Å². The number of pyridine rings is 1. The number of carbonyl (C=O) groups is 3. The van der Waals surface area contributed by atoms with Gasteiger partial charge in [0.25, 0.3) is 11.5 Å². The molecule has 0 aliphatic heterocycles. The molecule has 1 aromatic carbocycles. The molecule has 2 aromatic heterocycles. The molecule has 2 amide bonds. The fourth-order valence-corrected chi connectivity index (χ4v) is 4.97. The lowest BCUT2D eigenvalue weighted by molar-refractivity contribution is 0.0525. The van der Waals surface area contributed by atoms with E-state index in [1.165, 1.54) is 11.7 Å². The molecule has 5 N–H and O–H groups in total. The number of aromatic amines is 1. The first-order valence-electron chi connectivity index (χ1n) is 14.0. The normalized spacial score (nSPS) is 13.9. The lowest BCUT2D eigenvalue weighted by Crippen LogP contribution is -2.37. The van der Waals surface area contributed by atoms with Gasteiger partial charge in [-0.05, 0) is 64.7 Å². The van der Waals surface area contributed by atoms with Crippen LogP contribution in [0.15, 0.2) is 29.2 Å². The van der Waals surface area contributed by atoms with Gasteiger partial charge in [-0.15, -0.1) is 0 Å². The maximum absolute atomic E-state index is 13.1. The molecule has 0 saturated heterocycles. The third-order valence-electron chi connectivity index (χ3n) is 6.98. The van der Waals surface area contributed by atoms with Crippen molar-refractivity contribution in [3.63, 3.8) is 0 Å². The number of hydrogen-bond acceptors (Lipinski definition) is 8. The highest BCUT2D eigenvalue weighted by atomic mass is 16.6. The van der Waals surface area contributed by atoms with E-state index in [0.29, 0.717) is 22.3 Å². The summed E-state index contributed by atoms with van der Waals surface area (Å²) in [5.74, 6) is -0.596. The van der Waals surface area contributed by atoms with E-state index < -0.39 is 23.6 Å². The number of carbonyl (C=O) groups excluding carboxylic acids is 3. The van der Waals surface area contributed by atoms with Gasteiger partial charge in [0.05, 0.1) is 18.8 Å². The number of anilines is 1. The number of nitrogens with zero attached hydrogens (tertiary/aromatic N) is 1. The molecule has 0 bridgehead atoms. The zero-order valence-corrected chi connectivity index (χ0v) is 24.7. The Hall–Kier alpha value is -4.48. The Morgan fingerprint density at radius 2 is 1.74 bits per heavy atom. The minimum Gasteiger partial charge on any atom is -0.490 e. The number of hydrogen-bond donors (Lipinski definition) is 4. The van der Waals surface area contributed by atoms with Crippen LogP contribution in [0.4, 0.5) is 10.5 Å². The van der Waals surface area contributed by atoms with E-state index in [4.69, 9.17) is 19.9 Å². The average Bonchev–Trinajstić information content (AvgIpc) is 3.39. The molecule has 2 heterocycles. The van der Waals surface area contributed by atoms with Crippen LogP contribution in [0.2, 0.25) is 0 Å². The number of aromatic nitrogens is 2. The third kappa shape index (κ3) is 7.04. The summed E-state index contributed by atoms with van der Waals surface area (Å²) in [4.78, 5) is 53.3. The molecule has 1 saturated carbocycles. The van der Waals surface area contributed by atoms with E-state index in [9.17, 15) is 19.2 Å². The van der Waals surface area contributed by atoms with Crippen LogP contribution >= 0.6 is 0 Å². The second-order valence-electron chi connectivity index (χ2n) is 11.4. The maximum Gasteiger partial charge on any atom is 0.407 e. The van der Waals surface area contributed by atoms with Crippen molar-refractivity contribution >= 4 is 34.6 Å². The number of rotatable bonds is 8. The first kappa shape index (κ1) is 30.5. The molecule has 1 aliphatic carbocycles. The number of nitrogen functional groups attached to an aromatic ring is 1. The molecule has 42 heavy (non-hydrogen) atoms. The Balaban J connectivity index is 1.67. The zero-order chi connectivity index (χ0) is 30.6. The fourth-order valence-electron chi connectivity index (χ4n) is 4.97. The molecule has 0 spiro atoms. The van der Waals surface area contributed by atoms with Gasteiger partial charge in [0, 0.05) is 48.5 Å². The minimum atomic E-state index is -0.632. The number of nitrogens with one attached hydrogen (secondary N) is 3. The molecular weight excluding hydrogens is 542 g/mol. The topological polar surface area (TPSA) is 167 Å². The van der Waals surface area contributed by atoms with Crippen molar-refractivity contribution < 1.29 is 28.6 Å². The van der Waals surface area contributed by atoms with Gasteiger partial charge in [-0.3, -0.25) is 9.59 Å². The molecular formula is C30H39N5O7. The summed E-state index contributed by atoms with van der Waals surface area (Å²) >= 11 is 0. The second-order valence-corrected chi connectivity index (χ2v) is 11.4. The number of benzene rings is 1. The number of aryl methyl sites for hydroxylation is 1. The Bertz CT molecular complexity index is 1540. The summed E-state index contributed by atoms with van der Waals surface area (Å²) in [5, 5.41) is 5.80. The van der Waals surface area contributed by atoms with Gasteiger partial charge >= 0.3 is 12.1 Å². The van der Waals surface area contributed by atoms with Gasteiger partial charge in [-0.1, -0.05) is 6.42 Å². The Kier molecular flexibility index (Phi) is 9.13. The van der Waals surface area contributed by atoms with Crippen molar-refractivity contribution in [3.8, 4) is 16.9 Å². The average molecular weight is 582 g/mol. The lowest BCUT2D eigenvalue weighted by Gasteiger charge is -2.25. The molecule has 4 rings (SSSR count). The second kappa shape index (κ2) is 12.6. The molecule has 3 aromatic rings. The Morgan fingerprint density at radius 1 is 1.05 bits per heavy atom. The Labute approximate surface area is 243 Å². The number of nitrogens with two attached hydrogens (primary N) is 1. The lowest BCUT2D eigenvalue weighted by atomic mass is 9.96. The van der Waals surface area contributed by atoms with E-state index in [1.54, 1.807) is 52.2 Å². The fraction of sp³-hybridized carbons (Fsp3) is 0.467. The van der Waals surface area contributed by atoms with E-state index in [-0.39, 0.29) is 47.2 Å². The van der Waals surface area contributed by atoms with E-state index >= 15 is 0 Å². The smallest absolute Gasteiger partial charge is 0.407 e. The highest BCUT2D eigenvalue weighted by Gasteiger charge is 2.24. The summed E-state index contributed by atoms with van der Waals surface area (Å²) in [6, 6.07) is 4.82. The van der Waals surface area contributed by atoms with Crippen LogP contribution in [0, 0.1) is 0 Å². The molecule has 0 unspecified atom stereocenters. The molecule has 0 radical (unpaired) electrons. The number of alkyl carbamates (subject to hydrolysis) is 1. The first-order chi connectivity index (χ1) is 19.9. The number of amides is 2. The first-order valence-corrected chi connectivity index (χ1v) is 14.0. The molecule has 1 aliphatic rings. The quantitative estimate of drug-likeness (QED) is 0.177. The largest absolute Gasteiger partial charge is 0.490 e. The van der Waals surface area contributed by atoms with E-state index in [1.807, 2.05) is 0 Å². The number of methoxy groups -OCH3 is 1. The number of esters is 1. The van der Waals surface area contributed by atoms with Gasteiger partial charge in [-0.2, -0.15) is 0 Å². The molecule has 226 valence electrons. The van der Waals surface area contributed by atoms with Crippen LogP contribution in [0.25, 0.3) is 22.0 Å². The van der Waals surface area contributed by atoms with Crippen molar-refractivity contribution in [1.82, 2.24) is 20.2 Å². The zero-order valence-electron chi connectivity index (χ0n) is 24.7. The summed E-state index contributed by atoms with van der Waals surface area (Å²) in [6.45, 7) is 5.58. The molecule has 0 atom stereocenters. The van der Waals surface area contributed by atoms with Crippen molar-refractivity contribution in [2.45, 2.75) is 64.6 Å². The molecule has 12 heteroatoms. The summed E-state index contributed by atoms with van der Waals surface area (Å²) in [6.07, 6.45) is 6.06. The number of fused-ring (bicyclic) bond motifs is 1. The van der Waals surface area contributed by atoms with Crippen molar-refractivity contribution in [2.24, 2.45) is 7.05 Å². The number of ether oxygens (including phenoxy) is 3. The predicted octanol–water partition coefficient (Wildman–Crippen LogP) is 3.87. The molecule has 12 nitrogen and oxygen atoms in total. The van der Waals surface area contributed by atoms with Crippen molar-refractivity contribution in [3.05, 3.63) is 46.0 Å². The summed E-state index contributed by atoms with van der Waals surface area (Å²) < 4.78 is 18.0. The van der Waals surface area contributed by atoms with Gasteiger partial charge in [0.2, 0.25) is 0 Å². The van der Waals surface area contributed by atoms with Crippen LogP contribution in [0.5, 0.6) is 5.75 Å². The van der Waals surface area contributed by atoms with Gasteiger partial charge < -0.3 is 40.1 Å². The standard InChI is InChI=1S/C30H39N5O7/c1-30(2,3)42-29(39)33-12-11-32-26(36)23-14-19-21(16-35(4)27(37)25(19)34-23)18-13-22(31)20(28(38)40-5)15-24(18)41-17-9-7-6-8-10-17/h13-17,34H,6-12,31H2,1-5H3,(H,32,36)(H,33,39). The van der Waals surface area contributed by atoms with Crippen LogP contribution in [-0.4, -0.2) is 59.4 Å². The van der Waals surface area contributed by atoms with Gasteiger partial charge in [0.15, 0.2) is 0 Å². The monoisotopic (exact) mass is 581 g/mol. The van der Waals surface area contributed by atoms with Crippen LogP contribution in [0.3, 0.4) is 0 Å². The third-order valence-corrected chi connectivity index (χ3v) is 6.98. The SMILES string of the molecule is COC(=O)c1cc(OC2CCCCC2)c(-c2cn(C)c(=O)c3[nH]c(C(=O)NCCNC(=O)OC(C)(C)C)cc23)cc1N. The van der Waals surface area contributed by atoms with Gasteiger partial charge in [-0.25, -0.2) is 9.59 Å². The van der Waals surface area contributed by atoms with Crippen LogP contribution < -0.4 is 26.7 Å². The predicted molar refractivity (Wildman–Crippen MR) is 159 cm³/mol. The highest BCUT2D eigenvalue weighted by molar-refractivity contribution is 6.04. The van der Waals surface area contributed by atoms with Gasteiger partial charge in [0.1, 0.15) is 22.6 Å². The van der Waals surface area contributed by atoms with E-state index in [0.717, 1.165) is 32.1 Å². The summed E-state index contributed by atoms with van der Waals surface area (Å²) in [5.41, 5.74) is 7.29. The summed E-state index contributed by atoms with van der Waals surface area (Å²) in [7, 11) is 2.90. The minimum absolute atomic E-state index is 0.0310. The van der Waals surface area contributed by atoms with Crippen molar-refractivity contribution in [1.29, 1.82) is 0 Å². The van der Waals surface area contributed by atoms with Crippen LogP contribution in [0.1, 0.15) is 73.7 Å².